The summed E-state index contributed by atoms with van der Waals surface area (Å²) in [5.74, 6) is -1.42. The minimum atomic E-state index is -4.47. The fraction of sp³-hybridized carbons (Fsp3) is 0.241. The Hall–Kier alpha value is -8.79. The van der Waals surface area contributed by atoms with Crippen molar-refractivity contribution in [1.29, 1.82) is 0 Å². The van der Waals surface area contributed by atoms with Crippen molar-refractivity contribution in [3.63, 3.8) is 0 Å². The van der Waals surface area contributed by atoms with E-state index in [1.165, 1.54) is 25.3 Å². The quantitative estimate of drug-likeness (QED) is 0.0211. The molecule has 0 saturated carbocycles. The number of carbonyl (C=O) groups excluding carboxylic acids is 2. The summed E-state index contributed by atoms with van der Waals surface area (Å²) < 4.78 is 172. The van der Waals surface area contributed by atoms with E-state index in [-0.39, 0.29) is 62.6 Å². The number of nitrogens with one attached hydrogen (secondary N) is 2. The maximum atomic E-state index is 13.0. The van der Waals surface area contributed by atoms with Gasteiger partial charge in [-0.05, 0) is 147 Å². The molecule has 28 heteroatoms. The smallest absolute Gasteiger partial charge is 0.416 e. The Morgan fingerprint density at radius 1 is 0.622 bits per heavy atom. The lowest BCUT2D eigenvalue weighted by atomic mass is 9.91. The maximum Gasteiger partial charge on any atom is 0.416 e. The molecule has 6 N–H and O–H groups in total. The van der Waals surface area contributed by atoms with Crippen LogP contribution in [-0.2, 0) is 53.6 Å². The van der Waals surface area contributed by atoms with Crippen LogP contribution in [0.4, 0.5) is 70.4 Å². The molecule has 0 aliphatic carbocycles. The molecule has 2 aliphatic heterocycles. The first-order valence-corrected chi connectivity index (χ1v) is 24.2. The number of halogens is 12. The highest BCUT2D eigenvalue weighted by Gasteiger charge is 2.44. The van der Waals surface area contributed by atoms with Crippen LogP contribution in [0.15, 0.2) is 122 Å². The van der Waals surface area contributed by atoms with Crippen LogP contribution in [0.1, 0.15) is 92.9 Å². The van der Waals surface area contributed by atoms with Crippen LogP contribution in [0.2, 0.25) is 0 Å². The summed E-state index contributed by atoms with van der Waals surface area (Å²) in [5, 5.41) is 17.8. The first kappa shape index (κ1) is 59.3. The van der Waals surface area contributed by atoms with Gasteiger partial charge in [0.1, 0.15) is 16.8 Å². The van der Waals surface area contributed by atoms with Gasteiger partial charge in [0.25, 0.3) is 22.8 Å². The molecule has 0 bridgehead atoms. The summed E-state index contributed by atoms with van der Waals surface area (Å²) in [4.78, 5) is 38.8. The highest BCUT2D eigenvalue weighted by atomic mass is 32.1. The number of benzene rings is 6. The van der Waals surface area contributed by atoms with Crippen molar-refractivity contribution in [2.75, 3.05) is 22.6 Å². The number of alkyl halides is 12. The first-order valence-electron chi connectivity index (χ1n) is 23.8. The van der Waals surface area contributed by atoms with E-state index in [1.807, 2.05) is 44.7 Å². The third-order valence-corrected chi connectivity index (χ3v) is 13.6. The summed E-state index contributed by atoms with van der Waals surface area (Å²) in [6.07, 6.45) is -17.7. The summed E-state index contributed by atoms with van der Waals surface area (Å²) >= 11 is 4.65. The van der Waals surface area contributed by atoms with Crippen LogP contribution in [-0.4, -0.2) is 44.3 Å². The number of ether oxygens (including phenoxy) is 1. The minimum absolute atomic E-state index is 0.0688. The van der Waals surface area contributed by atoms with Crippen molar-refractivity contribution < 1.29 is 90.6 Å². The second-order valence-electron chi connectivity index (χ2n) is 19.2. The standard InChI is InChI=1S/C20H17F3N2O3.C19H16F3N3O3.C8H4F3NOS.C7H6F3NO/c1-19(2)14-6-4-5-12(17(26)27-3)13(14)10-25(19)18-24-15-9-11(20(21,22)23)7-8-16(15)28-18;1-18(2)13-5-3-4-11(16(26)24-27)12(13)9-25(18)17-23-14-8-10(19(20,21)22)6-7-15(14)28-17;9-8(10,11)4-1-2-6-5(3-4)12-7(14)13-6;8-7(9,10)4-1-2-6(12)5(11)3-4/h4-9H,10H2,1-3H3;3-8,27H,9H2,1-2H3,(H,24,26);1-3H,(H,12,14);1-3,12H,11H2. The van der Waals surface area contributed by atoms with Crippen LogP contribution in [0.3, 0.4) is 0 Å². The average molecular weight is 1180 g/mol. The number of oxazole rings is 3. The van der Waals surface area contributed by atoms with Crippen LogP contribution in [0.25, 0.3) is 33.3 Å². The zero-order valence-electron chi connectivity index (χ0n) is 43.0. The fourth-order valence-corrected chi connectivity index (χ4v) is 9.32. The number of amides is 1. The molecule has 2 aliphatic rings. The predicted molar refractivity (Wildman–Crippen MR) is 274 cm³/mol. The second kappa shape index (κ2) is 21.6. The molecule has 432 valence electrons. The van der Waals surface area contributed by atoms with Gasteiger partial charge >= 0.3 is 30.7 Å². The molecule has 1 amide bonds. The van der Waals surface area contributed by atoms with Crippen molar-refractivity contribution in [3.8, 4) is 5.75 Å². The number of aromatic hydroxyl groups is 1. The molecule has 0 radical (unpaired) electrons. The molecular weight excluding hydrogens is 1130 g/mol. The number of nitrogens with two attached hydrogens (primary N) is 1. The molecule has 11 rings (SSSR count). The number of hydroxylamine groups is 1. The number of anilines is 3. The molecule has 5 heterocycles. The topological polar surface area (TPSA) is 209 Å². The Bertz CT molecular complexity index is 3780. The normalized spacial score (nSPS) is 14.5. The summed E-state index contributed by atoms with van der Waals surface area (Å²) in [7, 11) is 1.32. The van der Waals surface area contributed by atoms with Gasteiger partial charge in [-0.1, -0.05) is 24.3 Å². The number of nitrogens with zero attached hydrogens (tertiary/aromatic N) is 4. The van der Waals surface area contributed by atoms with Crippen molar-refractivity contribution in [2.24, 2.45) is 0 Å². The van der Waals surface area contributed by atoms with E-state index >= 15 is 0 Å². The number of hydrogen-bond acceptors (Lipinski definition) is 14. The number of phenolic OH excluding ortho intramolecular Hbond substituents is 1. The van der Waals surface area contributed by atoms with Gasteiger partial charge in [0.2, 0.25) is 0 Å². The molecule has 9 aromatic rings. The number of phenols is 1. The highest BCUT2D eigenvalue weighted by molar-refractivity contribution is 7.71. The first-order chi connectivity index (χ1) is 38.1. The number of rotatable bonds is 4. The lowest BCUT2D eigenvalue weighted by Gasteiger charge is -2.30. The largest absolute Gasteiger partial charge is 0.506 e. The third kappa shape index (κ3) is 12.0. The number of carbonyl (C=O) groups is 2. The summed E-state index contributed by atoms with van der Waals surface area (Å²) in [5.41, 5.74) is 7.36. The number of methoxy groups -OCH3 is 1. The lowest BCUT2D eigenvalue weighted by Crippen LogP contribution is -2.35. The maximum absolute atomic E-state index is 13.0. The Kier molecular flexibility index (Phi) is 15.6. The molecule has 82 heavy (non-hydrogen) atoms. The van der Waals surface area contributed by atoms with Gasteiger partial charge in [0, 0.05) is 18.7 Å². The number of H-pyrrole nitrogens is 1. The number of nitrogen functional groups attached to an aromatic ring is 1. The van der Waals surface area contributed by atoms with Crippen molar-refractivity contribution >= 4 is 75.1 Å². The minimum Gasteiger partial charge on any atom is -0.506 e. The number of fused-ring (bicyclic) bond motifs is 5. The van der Waals surface area contributed by atoms with E-state index < -0.39 is 69.9 Å². The fourth-order valence-electron chi connectivity index (χ4n) is 9.12. The monoisotopic (exact) mass is 1180 g/mol. The van der Waals surface area contributed by atoms with Crippen LogP contribution >= 0.6 is 12.2 Å². The molecular formula is C54H43F12N7O8S. The molecule has 6 aromatic carbocycles. The Balaban J connectivity index is 0.000000152. The molecule has 0 atom stereocenters. The van der Waals surface area contributed by atoms with Crippen molar-refractivity contribution in [1.82, 2.24) is 20.4 Å². The zero-order valence-corrected chi connectivity index (χ0v) is 43.8. The second-order valence-corrected chi connectivity index (χ2v) is 19.6. The van der Waals surface area contributed by atoms with E-state index in [9.17, 15) is 62.3 Å². The Morgan fingerprint density at radius 2 is 1.04 bits per heavy atom. The van der Waals surface area contributed by atoms with Crippen molar-refractivity contribution in [3.05, 3.63) is 170 Å². The number of aromatic amines is 1. The molecule has 0 spiro atoms. The van der Waals surface area contributed by atoms with E-state index in [0.717, 1.165) is 65.2 Å². The predicted octanol–water partition coefficient (Wildman–Crippen LogP) is 14.6. The van der Waals surface area contributed by atoms with Gasteiger partial charge in [-0.15, -0.1) is 0 Å². The van der Waals surface area contributed by atoms with Gasteiger partial charge in [-0.2, -0.15) is 62.7 Å². The SMILES string of the molecule is CC1(C)c2cccc(C(=O)NO)c2CN1c1nc2cc(C(F)(F)F)ccc2o1.COC(=O)c1cccc2c1CN(c1nc3cc(C(F)(F)F)ccc3o1)C2(C)C.FC(F)(F)c1ccc2oc(=S)[nH]c2c1.Nc1cc(C(F)(F)F)ccc1O. The van der Waals surface area contributed by atoms with Gasteiger partial charge in [-0.25, -0.2) is 10.3 Å². The van der Waals surface area contributed by atoms with E-state index in [0.29, 0.717) is 34.9 Å². The van der Waals surface area contributed by atoms with Crippen LogP contribution in [0, 0.1) is 4.84 Å². The number of aromatic nitrogens is 3. The Morgan fingerprint density at radius 3 is 1.48 bits per heavy atom. The summed E-state index contributed by atoms with van der Waals surface area (Å²) in [6, 6.07) is 22.8. The highest BCUT2D eigenvalue weighted by Crippen LogP contribution is 2.46. The number of esters is 1. The molecule has 0 fully saturated rings. The van der Waals surface area contributed by atoms with E-state index in [4.69, 9.17) is 34.0 Å². The van der Waals surface area contributed by atoms with Gasteiger partial charge < -0.3 is 43.6 Å². The molecule has 15 nitrogen and oxygen atoms in total. The van der Waals surface area contributed by atoms with Gasteiger partial charge in [0.05, 0.1) is 57.2 Å². The lowest BCUT2D eigenvalue weighted by molar-refractivity contribution is -0.138. The van der Waals surface area contributed by atoms with Gasteiger partial charge in [-0.3, -0.25) is 10.0 Å². The van der Waals surface area contributed by atoms with E-state index in [1.54, 1.807) is 34.6 Å². The Labute approximate surface area is 459 Å². The van der Waals surface area contributed by atoms with E-state index in [2.05, 4.69) is 27.2 Å². The number of hydrogen-bond donors (Lipinski definition) is 5. The van der Waals surface area contributed by atoms with Crippen LogP contribution < -0.4 is 21.0 Å². The third-order valence-electron chi connectivity index (χ3n) is 13.4. The zero-order chi connectivity index (χ0) is 60.2. The van der Waals surface area contributed by atoms with Crippen LogP contribution in [0.5, 0.6) is 5.75 Å². The summed E-state index contributed by atoms with van der Waals surface area (Å²) in [6.45, 7) is 8.26. The molecule has 0 unspecified atom stereocenters. The average Bonchev–Trinajstić information content (AvgIpc) is 2.33. The van der Waals surface area contributed by atoms with Crippen molar-refractivity contribution in [2.45, 2.75) is 76.6 Å². The molecule has 0 saturated heterocycles. The van der Waals surface area contributed by atoms with Gasteiger partial charge in [0.15, 0.2) is 16.7 Å². The molecule has 3 aromatic heterocycles.